The number of nitrogens with two attached hydrogens (primary N) is 1. The van der Waals surface area contributed by atoms with E-state index in [0.29, 0.717) is 6.54 Å². The van der Waals surface area contributed by atoms with E-state index in [2.05, 4.69) is 15.3 Å². The summed E-state index contributed by atoms with van der Waals surface area (Å²) in [4.78, 5) is 18.7. The SMILES string of the molecule is CSCC[C@H](N)C(=O)NCCCc1ncc[nH]1. The van der Waals surface area contributed by atoms with Gasteiger partial charge >= 0.3 is 0 Å². The summed E-state index contributed by atoms with van der Waals surface area (Å²) in [5.74, 6) is 1.81. The highest BCUT2D eigenvalue weighted by molar-refractivity contribution is 7.98. The highest BCUT2D eigenvalue weighted by Crippen LogP contribution is 1.99. The van der Waals surface area contributed by atoms with E-state index in [4.69, 9.17) is 5.73 Å². The molecular weight excluding hydrogens is 236 g/mol. The third-order valence-electron chi connectivity index (χ3n) is 2.41. The average molecular weight is 256 g/mol. The number of rotatable bonds is 8. The van der Waals surface area contributed by atoms with Crippen LogP contribution in [0.2, 0.25) is 0 Å². The number of imidazole rings is 1. The van der Waals surface area contributed by atoms with Gasteiger partial charge in [-0.1, -0.05) is 0 Å². The molecule has 4 N–H and O–H groups in total. The first-order chi connectivity index (χ1) is 8.24. The number of amides is 1. The number of aromatic nitrogens is 2. The summed E-state index contributed by atoms with van der Waals surface area (Å²) in [7, 11) is 0. The van der Waals surface area contributed by atoms with Gasteiger partial charge in [0.25, 0.3) is 0 Å². The number of aromatic amines is 1. The number of carbonyl (C=O) groups excluding carboxylic acids is 1. The molecular formula is C11H20N4OS. The quantitative estimate of drug-likeness (QED) is 0.593. The number of carbonyl (C=O) groups is 1. The third kappa shape index (κ3) is 5.74. The fraction of sp³-hybridized carbons (Fsp3) is 0.636. The van der Waals surface area contributed by atoms with Crippen LogP contribution in [0.3, 0.4) is 0 Å². The van der Waals surface area contributed by atoms with Crippen molar-refractivity contribution in [1.29, 1.82) is 0 Å². The van der Waals surface area contributed by atoms with Crippen molar-refractivity contribution < 1.29 is 4.79 Å². The molecule has 0 fully saturated rings. The molecule has 1 atom stereocenters. The van der Waals surface area contributed by atoms with Crippen molar-refractivity contribution in [2.24, 2.45) is 5.73 Å². The minimum absolute atomic E-state index is 0.0569. The number of nitrogens with zero attached hydrogens (tertiary/aromatic N) is 1. The van der Waals surface area contributed by atoms with Gasteiger partial charge in [0.05, 0.1) is 6.04 Å². The average Bonchev–Trinajstić information content (AvgIpc) is 2.84. The predicted molar refractivity (Wildman–Crippen MR) is 70.9 cm³/mol. The zero-order valence-corrected chi connectivity index (χ0v) is 10.9. The van der Waals surface area contributed by atoms with Crippen LogP contribution in [0.5, 0.6) is 0 Å². The van der Waals surface area contributed by atoms with Gasteiger partial charge in [-0.15, -0.1) is 0 Å². The lowest BCUT2D eigenvalue weighted by Crippen LogP contribution is -2.41. The van der Waals surface area contributed by atoms with Crippen LogP contribution in [0.25, 0.3) is 0 Å². The molecule has 1 amide bonds. The van der Waals surface area contributed by atoms with Crippen LogP contribution in [-0.2, 0) is 11.2 Å². The molecule has 0 aliphatic heterocycles. The third-order valence-corrected chi connectivity index (χ3v) is 3.06. The summed E-state index contributed by atoms with van der Waals surface area (Å²) in [5.41, 5.74) is 5.74. The summed E-state index contributed by atoms with van der Waals surface area (Å²) >= 11 is 1.70. The lowest BCUT2D eigenvalue weighted by molar-refractivity contribution is -0.122. The topological polar surface area (TPSA) is 83.8 Å². The molecule has 6 heteroatoms. The fourth-order valence-corrected chi connectivity index (χ4v) is 1.90. The summed E-state index contributed by atoms with van der Waals surface area (Å²) in [5, 5.41) is 2.84. The van der Waals surface area contributed by atoms with E-state index in [9.17, 15) is 4.79 Å². The van der Waals surface area contributed by atoms with Crippen molar-refractivity contribution in [1.82, 2.24) is 15.3 Å². The summed E-state index contributed by atoms with van der Waals surface area (Å²) in [6.07, 6.45) is 7.97. The van der Waals surface area contributed by atoms with Gasteiger partial charge < -0.3 is 16.0 Å². The van der Waals surface area contributed by atoms with E-state index < -0.39 is 0 Å². The summed E-state index contributed by atoms with van der Waals surface area (Å²) < 4.78 is 0. The Labute approximate surface area is 106 Å². The highest BCUT2D eigenvalue weighted by atomic mass is 32.2. The number of H-pyrrole nitrogens is 1. The molecule has 1 heterocycles. The minimum atomic E-state index is -0.383. The van der Waals surface area contributed by atoms with E-state index in [1.165, 1.54) is 0 Å². The van der Waals surface area contributed by atoms with Gasteiger partial charge in [-0.3, -0.25) is 4.79 Å². The van der Waals surface area contributed by atoms with Crippen molar-refractivity contribution in [2.75, 3.05) is 18.6 Å². The van der Waals surface area contributed by atoms with E-state index in [-0.39, 0.29) is 11.9 Å². The van der Waals surface area contributed by atoms with Crippen LogP contribution >= 0.6 is 11.8 Å². The second kappa shape index (κ2) is 8.14. The molecule has 17 heavy (non-hydrogen) atoms. The van der Waals surface area contributed by atoms with E-state index in [1.54, 1.807) is 24.2 Å². The second-order valence-electron chi connectivity index (χ2n) is 3.82. The number of hydrogen-bond acceptors (Lipinski definition) is 4. The first kappa shape index (κ1) is 14.1. The monoisotopic (exact) mass is 256 g/mol. The fourth-order valence-electron chi connectivity index (χ4n) is 1.41. The Morgan fingerprint density at radius 2 is 2.53 bits per heavy atom. The molecule has 0 aromatic carbocycles. The van der Waals surface area contributed by atoms with Crippen LogP contribution in [0.15, 0.2) is 12.4 Å². The van der Waals surface area contributed by atoms with Gasteiger partial charge in [-0.2, -0.15) is 11.8 Å². The zero-order valence-electron chi connectivity index (χ0n) is 10.1. The number of thioether (sulfide) groups is 1. The second-order valence-corrected chi connectivity index (χ2v) is 4.80. The van der Waals surface area contributed by atoms with Gasteiger partial charge in [0, 0.05) is 25.4 Å². The van der Waals surface area contributed by atoms with Crippen molar-refractivity contribution in [3.8, 4) is 0 Å². The number of aryl methyl sites for hydroxylation is 1. The maximum absolute atomic E-state index is 11.5. The van der Waals surface area contributed by atoms with Gasteiger partial charge in [0.1, 0.15) is 5.82 Å². The van der Waals surface area contributed by atoms with Crippen LogP contribution in [-0.4, -0.2) is 40.5 Å². The molecule has 0 aliphatic rings. The smallest absolute Gasteiger partial charge is 0.236 e. The molecule has 0 saturated heterocycles. The maximum atomic E-state index is 11.5. The highest BCUT2D eigenvalue weighted by Gasteiger charge is 2.11. The standard InChI is InChI=1S/C11H20N4OS/c1-17-8-4-9(12)11(16)15-5-2-3-10-13-6-7-14-10/h6-7,9H,2-5,8,12H2,1H3,(H,13,14)(H,15,16)/t9-/m0/s1. The molecule has 1 rings (SSSR count). The maximum Gasteiger partial charge on any atom is 0.236 e. The van der Waals surface area contributed by atoms with Crippen LogP contribution in [0.1, 0.15) is 18.7 Å². The Bertz CT molecular complexity index is 315. The molecule has 0 unspecified atom stereocenters. The van der Waals surface area contributed by atoms with Gasteiger partial charge in [0.15, 0.2) is 0 Å². The molecule has 0 bridgehead atoms. The van der Waals surface area contributed by atoms with Crippen molar-refractivity contribution in [3.63, 3.8) is 0 Å². The lowest BCUT2D eigenvalue weighted by atomic mass is 10.2. The Morgan fingerprint density at radius 3 is 3.18 bits per heavy atom. The lowest BCUT2D eigenvalue weighted by Gasteiger charge is -2.11. The largest absolute Gasteiger partial charge is 0.355 e. The number of nitrogens with one attached hydrogen (secondary N) is 2. The van der Waals surface area contributed by atoms with Crippen LogP contribution in [0, 0.1) is 0 Å². The molecule has 1 aromatic heterocycles. The molecule has 0 aliphatic carbocycles. The van der Waals surface area contributed by atoms with E-state index >= 15 is 0 Å². The zero-order chi connectivity index (χ0) is 12.5. The molecule has 0 radical (unpaired) electrons. The normalized spacial score (nSPS) is 12.4. The van der Waals surface area contributed by atoms with Crippen molar-refractivity contribution >= 4 is 17.7 Å². The predicted octanol–water partition coefficient (Wildman–Crippen LogP) is 0.539. The van der Waals surface area contributed by atoms with Crippen molar-refractivity contribution in [3.05, 3.63) is 18.2 Å². The minimum Gasteiger partial charge on any atom is -0.355 e. The molecule has 5 nitrogen and oxygen atoms in total. The first-order valence-electron chi connectivity index (χ1n) is 5.74. The molecule has 0 saturated carbocycles. The van der Waals surface area contributed by atoms with E-state index in [1.807, 2.05) is 6.26 Å². The molecule has 0 spiro atoms. The van der Waals surface area contributed by atoms with Crippen LogP contribution < -0.4 is 11.1 Å². The Balaban J connectivity index is 2.07. The Hall–Kier alpha value is -1.01. The van der Waals surface area contributed by atoms with E-state index in [0.717, 1.165) is 30.8 Å². The van der Waals surface area contributed by atoms with Gasteiger partial charge in [0.2, 0.25) is 5.91 Å². The first-order valence-corrected chi connectivity index (χ1v) is 7.14. The Morgan fingerprint density at radius 1 is 1.71 bits per heavy atom. The summed E-state index contributed by atoms with van der Waals surface area (Å²) in [6, 6.07) is -0.383. The molecule has 1 aromatic rings. The van der Waals surface area contributed by atoms with Gasteiger partial charge in [-0.25, -0.2) is 4.98 Å². The molecule has 96 valence electrons. The summed E-state index contributed by atoms with van der Waals surface area (Å²) in [6.45, 7) is 0.645. The Kier molecular flexibility index (Phi) is 6.73. The van der Waals surface area contributed by atoms with Crippen LogP contribution in [0.4, 0.5) is 0 Å². The number of hydrogen-bond donors (Lipinski definition) is 3. The van der Waals surface area contributed by atoms with Gasteiger partial charge in [-0.05, 0) is 24.9 Å². The van der Waals surface area contributed by atoms with Crippen molar-refractivity contribution in [2.45, 2.75) is 25.3 Å².